The summed E-state index contributed by atoms with van der Waals surface area (Å²) < 4.78 is 22.4. The molecule has 5 aromatic rings. The van der Waals surface area contributed by atoms with E-state index in [0.29, 0.717) is 59.5 Å². The largest absolute Gasteiger partial charge is 0.378 e. The molecule has 0 bridgehead atoms. The fourth-order valence-electron chi connectivity index (χ4n) is 6.30. The molecule has 3 aromatic heterocycles. The fourth-order valence-corrected chi connectivity index (χ4v) is 6.30. The summed E-state index contributed by atoms with van der Waals surface area (Å²) in [6, 6.07) is 13.1. The minimum absolute atomic E-state index is 0.0609. The van der Waals surface area contributed by atoms with Crippen LogP contribution < -0.4 is 21.5 Å². The van der Waals surface area contributed by atoms with Gasteiger partial charge in [-0.2, -0.15) is 5.10 Å². The number of nitrogens with one attached hydrogen (secondary N) is 4. The van der Waals surface area contributed by atoms with Crippen LogP contribution in [0, 0.1) is 5.82 Å². The fraction of sp³-hybridized carbons (Fsp3) is 0.333. The number of aromatic amines is 1. The van der Waals surface area contributed by atoms with Gasteiger partial charge in [0.15, 0.2) is 5.69 Å². The molecule has 292 valence electrons. The number of piperazine rings is 1. The summed E-state index contributed by atoms with van der Waals surface area (Å²) in [6.07, 6.45) is 5.37. The van der Waals surface area contributed by atoms with Crippen molar-refractivity contribution in [2.75, 3.05) is 64.3 Å². The number of benzene rings is 2. The first-order chi connectivity index (χ1) is 27.1. The molecule has 0 saturated carbocycles. The van der Waals surface area contributed by atoms with Crippen molar-refractivity contribution in [3.05, 3.63) is 106 Å². The minimum Gasteiger partial charge on any atom is -0.378 e. The molecule has 17 heteroatoms. The Hall–Kier alpha value is -6.33. The van der Waals surface area contributed by atoms with E-state index in [4.69, 9.17) is 4.74 Å². The van der Waals surface area contributed by atoms with Crippen LogP contribution in [-0.4, -0.2) is 117 Å². The van der Waals surface area contributed by atoms with E-state index in [2.05, 4.69) is 36.1 Å². The van der Waals surface area contributed by atoms with E-state index >= 15 is 0 Å². The van der Waals surface area contributed by atoms with Crippen LogP contribution in [0.4, 0.5) is 10.1 Å². The number of fused-ring (bicyclic) bond motifs is 1. The first-order valence-corrected chi connectivity index (χ1v) is 18.3. The molecular formula is C39H43FN10O6. The van der Waals surface area contributed by atoms with Gasteiger partial charge in [0.25, 0.3) is 17.4 Å². The SMILES string of the molecule is CCn1cnc(-c2cnc(C(=O)NCCOCCNCC(=O)N3CCN(C(=O)c4cc(Cc5n[nH]c(=O)c6ccccc56)ccc4F)CC3)c(NC(C)=O)c2)c1. The average molecular weight is 767 g/mol. The molecule has 0 aliphatic carbocycles. The summed E-state index contributed by atoms with van der Waals surface area (Å²) in [7, 11) is 0. The van der Waals surface area contributed by atoms with Gasteiger partial charge in [-0.3, -0.25) is 24.0 Å². The van der Waals surface area contributed by atoms with Crippen molar-refractivity contribution in [1.29, 1.82) is 0 Å². The van der Waals surface area contributed by atoms with Crippen molar-refractivity contribution in [3.8, 4) is 11.3 Å². The van der Waals surface area contributed by atoms with Gasteiger partial charge in [0, 0.05) is 82.5 Å². The summed E-state index contributed by atoms with van der Waals surface area (Å²) in [5, 5.41) is 16.3. The average Bonchev–Trinajstić information content (AvgIpc) is 3.70. The zero-order valence-corrected chi connectivity index (χ0v) is 31.1. The standard InChI is InChI=1S/C39H43FN10O6/c1-3-48-23-34(44-24-48)27-20-33(45-25(2)51)36(43-21-27)38(54)42-11-17-56-16-10-41-22-35(52)49-12-14-50(15-13-49)39(55)30-18-26(8-9-31(30)40)19-32-28-6-4-5-7-29(28)37(53)47-46-32/h4-9,18,20-21,23-24,41H,3,10-17,19,22H2,1-2H3,(H,42,54)(H,45,51)(H,47,53). The monoisotopic (exact) mass is 766 g/mol. The number of hydrogen-bond donors (Lipinski definition) is 4. The molecule has 6 rings (SSSR count). The summed E-state index contributed by atoms with van der Waals surface area (Å²) in [5.41, 5.74) is 2.58. The highest BCUT2D eigenvalue weighted by atomic mass is 19.1. The van der Waals surface area contributed by atoms with E-state index in [1.807, 2.05) is 23.8 Å². The minimum atomic E-state index is -0.638. The van der Waals surface area contributed by atoms with E-state index < -0.39 is 17.6 Å². The van der Waals surface area contributed by atoms with E-state index in [1.165, 1.54) is 30.2 Å². The number of halogens is 1. The predicted octanol–water partition coefficient (Wildman–Crippen LogP) is 2.21. The first kappa shape index (κ1) is 39.4. The van der Waals surface area contributed by atoms with Crippen LogP contribution in [0.15, 0.2) is 72.0 Å². The summed E-state index contributed by atoms with van der Waals surface area (Å²) in [4.78, 5) is 74.9. The Labute approximate surface area is 321 Å². The van der Waals surface area contributed by atoms with Crippen molar-refractivity contribution in [1.82, 2.24) is 45.2 Å². The van der Waals surface area contributed by atoms with Gasteiger partial charge in [0.05, 0.1) is 54.1 Å². The number of aryl methyl sites for hydroxylation is 1. The lowest BCUT2D eigenvalue weighted by Gasteiger charge is -2.35. The van der Waals surface area contributed by atoms with Gasteiger partial charge in [0.2, 0.25) is 11.8 Å². The van der Waals surface area contributed by atoms with Crippen LogP contribution in [0.25, 0.3) is 22.0 Å². The zero-order chi connectivity index (χ0) is 39.6. The maximum atomic E-state index is 14.9. The van der Waals surface area contributed by atoms with Crippen LogP contribution in [0.5, 0.6) is 0 Å². The number of imidazole rings is 1. The lowest BCUT2D eigenvalue weighted by atomic mass is 10.0. The number of pyridine rings is 1. The third-order valence-electron chi connectivity index (χ3n) is 9.27. The number of rotatable bonds is 15. The predicted molar refractivity (Wildman–Crippen MR) is 206 cm³/mol. The Morgan fingerprint density at radius 2 is 1.70 bits per heavy atom. The highest BCUT2D eigenvalue weighted by Crippen LogP contribution is 2.24. The van der Waals surface area contributed by atoms with Crippen LogP contribution in [0.2, 0.25) is 0 Å². The van der Waals surface area contributed by atoms with Crippen LogP contribution >= 0.6 is 0 Å². The second kappa shape index (κ2) is 18.3. The van der Waals surface area contributed by atoms with Crippen molar-refractivity contribution >= 4 is 40.1 Å². The molecule has 1 aliphatic rings. The van der Waals surface area contributed by atoms with Crippen LogP contribution in [0.3, 0.4) is 0 Å². The number of carbonyl (C=O) groups is 4. The van der Waals surface area contributed by atoms with Crippen molar-refractivity contribution in [2.24, 2.45) is 0 Å². The molecule has 0 unspecified atom stereocenters. The molecule has 1 fully saturated rings. The summed E-state index contributed by atoms with van der Waals surface area (Å²) >= 11 is 0. The quantitative estimate of drug-likeness (QED) is 0.115. The Morgan fingerprint density at radius 1 is 0.946 bits per heavy atom. The number of nitrogens with zero attached hydrogens (tertiary/aromatic N) is 6. The highest BCUT2D eigenvalue weighted by molar-refractivity contribution is 6.02. The second-order valence-corrected chi connectivity index (χ2v) is 13.1. The number of anilines is 1. The number of hydrogen-bond acceptors (Lipinski definition) is 10. The van der Waals surface area contributed by atoms with Crippen molar-refractivity contribution in [2.45, 2.75) is 26.8 Å². The molecular weight excluding hydrogens is 723 g/mol. The molecule has 4 heterocycles. The van der Waals surface area contributed by atoms with Gasteiger partial charge in [-0.25, -0.2) is 19.5 Å². The number of amides is 4. The van der Waals surface area contributed by atoms with E-state index in [0.717, 1.165) is 6.54 Å². The van der Waals surface area contributed by atoms with Crippen LogP contribution in [0.1, 0.15) is 46.0 Å². The van der Waals surface area contributed by atoms with Gasteiger partial charge < -0.3 is 35.1 Å². The summed E-state index contributed by atoms with van der Waals surface area (Å²) in [5.74, 6) is -2.04. The van der Waals surface area contributed by atoms with E-state index in [-0.39, 0.29) is 73.5 Å². The number of H-pyrrole nitrogens is 1. The third kappa shape index (κ3) is 9.66. The Balaban J connectivity index is 0.893. The molecule has 0 atom stereocenters. The molecule has 4 N–H and O–H groups in total. The second-order valence-electron chi connectivity index (χ2n) is 13.1. The Kier molecular flexibility index (Phi) is 12.9. The van der Waals surface area contributed by atoms with Gasteiger partial charge in [-0.15, -0.1) is 0 Å². The van der Waals surface area contributed by atoms with Crippen LogP contribution in [-0.2, 0) is 27.3 Å². The van der Waals surface area contributed by atoms with E-state index in [1.54, 1.807) is 41.6 Å². The normalized spacial score (nSPS) is 12.8. The molecule has 56 heavy (non-hydrogen) atoms. The molecule has 1 aliphatic heterocycles. The lowest BCUT2D eigenvalue weighted by Crippen LogP contribution is -2.52. The Bertz CT molecular complexity index is 2280. The van der Waals surface area contributed by atoms with Crippen molar-refractivity contribution < 1.29 is 28.3 Å². The highest BCUT2D eigenvalue weighted by Gasteiger charge is 2.26. The Morgan fingerprint density at radius 3 is 2.45 bits per heavy atom. The molecule has 4 amide bonds. The number of aromatic nitrogens is 5. The third-order valence-corrected chi connectivity index (χ3v) is 9.27. The van der Waals surface area contributed by atoms with Crippen molar-refractivity contribution in [3.63, 3.8) is 0 Å². The molecule has 16 nitrogen and oxygen atoms in total. The molecule has 0 radical (unpaired) electrons. The number of ether oxygens (including phenoxy) is 1. The molecule has 2 aromatic carbocycles. The smallest absolute Gasteiger partial charge is 0.272 e. The van der Waals surface area contributed by atoms with E-state index in [9.17, 15) is 28.4 Å². The maximum absolute atomic E-state index is 14.9. The molecule has 1 saturated heterocycles. The van der Waals surface area contributed by atoms with Gasteiger partial charge in [0.1, 0.15) is 5.82 Å². The number of carbonyl (C=O) groups excluding carboxylic acids is 4. The van der Waals surface area contributed by atoms with Gasteiger partial charge in [-0.1, -0.05) is 24.3 Å². The zero-order valence-electron chi connectivity index (χ0n) is 31.1. The van der Waals surface area contributed by atoms with Gasteiger partial charge >= 0.3 is 0 Å². The lowest BCUT2D eigenvalue weighted by molar-refractivity contribution is -0.131. The molecule has 0 spiro atoms. The maximum Gasteiger partial charge on any atom is 0.272 e. The summed E-state index contributed by atoms with van der Waals surface area (Å²) in [6.45, 7) is 6.38. The van der Waals surface area contributed by atoms with Gasteiger partial charge in [-0.05, 0) is 36.8 Å². The first-order valence-electron chi connectivity index (χ1n) is 18.3. The topological polar surface area (TPSA) is 197 Å².